The van der Waals surface area contributed by atoms with Gasteiger partial charge in [0.15, 0.2) is 0 Å². The van der Waals surface area contributed by atoms with Gasteiger partial charge in [0.25, 0.3) is 5.91 Å². The Balaban J connectivity index is 1.22. The number of hydrogen-bond acceptors (Lipinski definition) is 9. The summed E-state index contributed by atoms with van der Waals surface area (Å²) in [4.78, 5) is 61.9. The predicted octanol–water partition coefficient (Wildman–Crippen LogP) is 5.16. The molecule has 5 atom stereocenters. The molecule has 3 heterocycles. The first-order valence-corrected chi connectivity index (χ1v) is 20.5. The van der Waals surface area contributed by atoms with E-state index in [1.54, 1.807) is 33.8 Å². The number of benzene rings is 2. The minimum absolute atomic E-state index is 0.0114. The maximum atomic E-state index is 14.5. The molecule has 2 aromatic carbocycles. The van der Waals surface area contributed by atoms with Crippen molar-refractivity contribution in [3.63, 3.8) is 0 Å². The number of aromatic nitrogens is 1. The van der Waals surface area contributed by atoms with Crippen LogP contribution in [0.25, 0.3) is 21.7 Å². The Hall–Kier alpha value is -4.79. The van der Waals surface area contributed by atoms with Crippen molar-refractivity contribution in [1.29, 1.82) is 0 Å². The molecule has 55 heavy (non-hydrogen) atoms. The fourth-order valence-electron chi connectivity index (χ4n) is 7.54. The zero-order valence-corrected chi connectivity index (χ0v) is 32.3. The summed E-state index contributed by atoms with van der Waals surface area (Å²) in [5.74, 6) is -2.75. The van der Waals surface area contributed by atoms with E-state index in [0.717, 1.165) is 23.6 Å². The van der Waals surface area contributed by atoms with Crippen molar-refractivity contribution < 1.29 is 41.5 Å². The van der Waals surface area contributed by atoms with E-state index in [0.29, 0.717) is 36.6 Å². The van der Waals surface area contributed by atoms with E-state index in [2.05, 4.69) is 20.3 Å². The molecule has 7 rings (SSSR count). The van der Waals surface area contributed by atoms with Crippen LogP contribution in [0.5, 0.6) is 5.88 Å². The number of carbonyl (C=O) groups excluding carboxylic acids is 4. The molecule has 13 nitrogen and oxygen atoms in total. The van der Waals surface area contributed by atoms with Gasteiger partial charge in [-0.3, -0.25) is 19.1 Å². The van der Waals surface area contributed by atoms with Crippen LogP contribution < -0.4 is 20.1 Å². The number of amides is 4. The highest BCUT2D eigenvalue weighted by Gasteiger charge is 2.63. The van der Waals surface area contributed by atoms with Crippen molar-refractivity contribution in [2.75, 3.05) is 6.54 Å². The Kier molecular flexibility index (Phi) is 10.1. The average Bonchev–Trinajstić information content (AvgIpc) is 3.99. The molecule has 2 saturated carbocycles. The third kappa shape index (κ3) is 7.98. The second-order valence-corrected chi connectivity index (χ2v) is 18.7. The maximum absolute atomic E-state index is 14.5. The lowest BCUT2D eigenvalue weighted by molar-refractivity contribution is -0.141. The van der Waals surface area contributed by atoms with Crippen molar-refractivity contribution in [1.82, 2.24) is 25.2 Å². The van der Waals surface area contributed by atoms with E-state index in [4.69, 9.17) is 9.47 Å². The van der Waals surface area contributed by atoms with E-state index in [9.17, 15) is 32.0 Å². The van der Waals surface area contributed by atoms with E-state index in [1.807, 2.05) is 36.4 Å². The van der Waals surface area contributed by atoms with Crippen molar-refractivity contribution >= 4 is 55.5 Å². The summed E-state index contributed by atoms with van der Waals surface area (Å²) < 4.78 is 53.8. The molecule has 3 N–H and O–H groups in total. The van der Waals surface area contributed by atoms with Gasteiger partial charge >= 0.3 is 6.09 Å². The van der Waals surface area contributed by atoms with Gasteiger partial charge in [0.05, 0.1) is 16.8 Å². The monoisotopic (exact) mass is 777 g/mol. The molecule has 0 spiro atoms. The van der Waals surface area contributed by atoms with Crippen molar-refractivity contribution in [3.8, 4) is 5.88 Å². The Morgan fingerprint density at radius 2 is 1.78 bits per heavy atom. The molecule has 3 aromatic rings. The number of sulfonamides is 1. The van der Waals surface area contributed by atoms with E-state index < -0.39 is 79.6 Å². The fraction of sp³-hybridized carbons (Fsp3) is 0.525. The van der Waals surface area contributed by atoms with Gasteiger partial charge in [0, 0.05) is 29.2 Å². The van der Waals surface area contributed by atoms with Crippen LogP contribution in [0.1, 0.15) is 85.5 Å². The van der Waals surface area contributed by atoms with Crippen molar-refractivity contribution in [2.45, 2.75) is 120 Å². The molecule has 4 amide bonds. The molecule has 1 saturated heterocycles. The van der Waals surface area contributed by atoms with E-state index in [1.165, 1.54) is 17.0 Å². The summed E-state index contributed by atoms with van der Waals surface area (Å²) in [6.07, 6.45) is 6.31. The summed E-state index contributed by atoms with van der Waals surface area (Å²) in [6, 6.07) is 9.50. The minimum Gasteiger partial charge on any atom is -0.472 e. The first-order valence-electron chi connectivity index (χ1n) is 19.0. The lowest BCUT2D eigenvalue weighted by atomic mass is 10.0. The molecule has 0 radical (unpaired) electrons. The first kappa shape index (κ1) is 38.5. The number of nitrogens with zero attached hydrogens (tertiary/aromatic N) is 2. The summed E-state index contributed by atoms with van der Waals surface area (Å²) >= 11 is 0. The number of hydrogen-bond donors (Lipinski definition) is 3. The van der Waals surface area contributed by atoms with Crippen LogP contribution in [0.3, 0.4) is 0 Å². The number of carbonyl (C=O) groups is 4. The van der Waals surface area contributed by atoms with Gasteiger partial charge in [0.1, 0.15) is 35.1 Å². The number of pyridine rings is 1. The normalized spacial score (nSPS) is 26.9. The average molecular weight is 778 g/mol. The third-order valence-corrected chi connectivity index (χ3v) is 13.2. The SMILES string of the molecule is CC(C)(C)OC(=O)NC1CCCCCC=CC2CC2(C(=O)NS(=O)(=O)C2(C)CC2)NC(=O)C2CC(Oc3nc4cc(F)ccc4c4ccccc34)CN2C1=O. The van der Waals surface area contributed by atoms with Gasteiger partial charge < -0.3 is 25.0 Å². The van der Waals surface area contributed by atoms with Gasteiger partial charge in [-0.25, -0.2) is 22.6 Å². The summed E-state index contributed by atoms with van der Waals surface area (Å²) in [6.45, 7) is 6.65. The number of halogens is 1. The Morgan fingerprint density at radius 3 is 2.51 bits per heavy atom. The lowest BCUT2D eigenvalue weighted by Gasteiger charge is -2.30. The van der Waals surface area contributed by atoms with Crippen LogP contribution in [0, 0.1) is 11.7 Å². The topological polar surface area (TPSA) is 173 Å². The zero-order valence-electron chi connectivity index (χ0n) is 31.5. The van der Waals surface area contributed by atoms with Gasteiger partial charge in [-0.1, -0.05) is 43.2 Å². The van der Waals surface area contributed by atoms with Crippen LogP contribution >= 0.6 is 0 Å². The van der Waals surface area contributed by atoms with Crippen molar-refractivity contribution in [2.24, 2.45) is 5.92 Å². The lowest BCUT2D eigenvalue weighted by Crippen LogP contribution is -2.58. The number of allylic oxidation sites excluding steroid dienone is 1. The second-order valence-electron chi connectivity index (χ2n) is 16.5. The highest BCUT2D eigenvalue weighted by Crippen LogP contribution is 2.47. The molecule has 294 valence electrons. The quantitative estimate of drug-likeness (QED) is 0.226. The van der Waals surface area contributed by atoms with Crippen LogP contribution in [0.4, 0.5) is 9.18 Å². The van der Waals surface area contributed by atoms with Crippen molar-refractivity contribution in [3.05, 3.63) is 60.4 Å². The third-order valence-electron chi connectivity index (χ3n) is 11.1. The van der Waals surface area contributed by atoms with Gasteiger partial charge in [-0.2, -0.15) is 0 Å². The van der Waals surface area contributed by atoms with Crippen LogP contribution in [0.15, 0.2) is 54.6 Å². The molecule has 3 fully saturated rings. The first-order chi connectivity index (χ1) is 26.0. The summed E-state index contributed by atoms with van der Waals surface area (Å²) in [5, 5.41) is 7.76. The van der Waals surface area contributed by atoms with Crippen LogP contribution in [-0.2, 0) is 29.1 Å². The number of ether oxygens (including phenoxy) is 2. The molecule has 4 aliphatic rings. The molecule has 5 unspecified atom stereocenters. The molecule has 15 heteroatoms. The summed E-state index contributed by atoms with van der Waals surface area (Å²) in [7, 11) is -4.01. The predicted molar refractivity (Wildman–Crippen MR) is 203 cm³/mol. The molecule has 1 aromatic heterocycles. The Bertz CT molecular complexity index is 2180. The fourth-order valence-corrected chi connectivity index (χ4v) is 8.86. The largest absolute Gasteiger partial charge is 0.472 e. The Labute approximate surface area is 319 Å². The maximum Gasteiger partial charge on any atom is 0.408 e. The standard InChI is InChI=1S/C40H48FN5O8S/c1-38(2,3)54-37(50)43-30-15-9-7-5-6-8-12-24-22-40(24,36(49)45-55(51,52)39(4)18-19-39)44-33(47)32-21-26(23-46(32)35(30)48)53-34-29-14-11-10-13-27(29)28-17-16-25(41)20-31(28)42-34/h8,10-14,16-17,20,24,26,30,32H,5-7,9,15,18-19,21-23H2,1-4H3,(H,43,50)(H,44,47)(H,45,49). The van der Waals surface area contributed by atoms with Gasteiger partial charge in [-0.15, -0.1) is 0 Å². The summed E-state index contributed by atoms with van der Waals surface area (Å²) in [5.41, 5.74) is -2.01. The molecule has 2 aliphatic heterocycles. The smallest absolute Gasteiger partial charge is 0.408 e. The number of alkyl carbamates (subject to hydrolysis) is 1. The second kappa shape index (κ2) is 14.4. The van der Waals surface area contributed by atoms with E-state index in [-0.39, 0.29) is 31.7 Å². The van der Waals surface area contributed by atoms with Gasteiger partial charge in [-0.05, 0) is 89.8 Å². The Morgan fingerprint density at radius 1 is 1.04 bits per heavy atom. The highest BCUT2D eigenvalue weighted by atomic mass is 32.2. The molecule has 0 bridgehead atoms. The number of fused-ring (bicyclic) bond motifs is 5. The number of rotatable bonds is 6. The number of nitrogens with one attached hydrogen (secondary N) is 3. The van der Waals surface area contributed by atoms with Crippen LogP contribution in [-0.4, -0.2) is 82.7 Å². The minimum atomic E-state index is -4.01. The highest BCUT2D eigenvalue weighted by molar-refractivity contribution is 7.91. The molecular formula is C40H48FN5O8S. The molecule has 2 aliphatic carbocycles. The van der Waals surface area contributed by atoms with Crippen LogP contribution in [0.2, 0.25) is 0 Å². The van der Waals surface area contributed by atoms with E-state index >= 15 is 0 Å². The zero-order chi connectivity index (χ0) is 39.3. The van der Waals surface area contributed by atoms with Gasteiger partial charge in [0.2, 0.25) is 27.7 Å². The molecular weight excluding hydrogens is 730 g/mol.